The number of halogens is 3. The molecule has 0 radical (unpaired) electrons. The van der Waals surface area contributed by atoms with Crippen LogP contribution in [0.25, 0.3) is 0 Å². The molecule has 108 valence electrons. The van der Waals surface area contributed by atoms with Gasteiger partial charge >= 0.3 is 0 Å². The molecule has 0 aliphatic carbocycles. The predicted octanol–water partition coefficient (Wildman–Crippen LogP) is 3.60. The summed E-state index contributed by atoms with van der Waals surface area (Å²) in [5.41, 5.74) is 1.07. The predicted molar refractivity (Wildman–Crippen MR) is 69.5 cm³/mol. The molecule has 0 saturated heterocycles. The van der Waals surface area contributed by atoms with Crippen LogP contribution in [0.2, 0.25) is 0 Å². The summed E-state index contributed by atoms with van der Waals surface area (Å²) in [4.78, 5) is 12.4. The van der Waals surface area contributed by atoms with Crippen LogP contribution in [-0.2, 0) is 11.2 Å². The second-order valence-electron chi connectivity index (χ2n) is 4.79. The van der Waals surface area contributed by atoms with E-state index in [2.05, 4.69) is 0 Å². The number of carbonyl (C=O) groups excluding carboxylic acids is 1. The van der Waals surface area contributed by atoms with Gasteiger partial charge in [-0.2, -0.15) is 0 Å². The number of ketones is 1. The third-order valence-corrected chi connectivity index (χ3v) is 3.53. The molecule has 1 unspecified atom stereocenters. The van der Waals surface area contributed by atoms with Crippen LogP contribution in [0, 0.1) is 17.5 Å². The molecule has 1 heterocycles. The highest BCUT2D eigenvalue weighted by Crippen LogP contribution is 2.31. The third-order valence-electron chi connectivity index (χ3n) is 3.53. The Labute approximate surface area is 119 Å². The molecule has 0 N–H and O–H groups in total. The molecular formula is C16H11F3O2. The van der Waals surface area contributed by atoms with E-state index in [4.69, 9.17) is 4.74 Å². The fourth-order valence-corrected chi connectivity index (χ4v) is 2.47. The van der Waals surface area contributed by atoms with Crippen LogP contribution < -0.4 is 0 Å². The highest BCUT2D eigenvalue weighted by Gasteiger charge is 2.31. The van der Waals surface area contributed by atoms with Crippen molar-refractivity contribution in [3.63, 3.8) is 0 Å². The Kier molecular flexibility index (Phi) is 3.51. The zero-order chi connectivity index (χ0) is 15.0. The number of ether oxygens (including phenoxy) is 1. The largest absolute Gasteiger partial charge is 0.365 e. The van der Waals surface area contributed by atoms with Crippen LogP contribution in [0.15, 0.2) is 36.4 Å². The van der Waals surface area contributed by atoms with Gasteiger partial charge in [0.2, 0.25) is 0 Å². The van der Waals surface area contributed by atoms with Gasteiger partial charge in [0.05, 0.1) is 12.2 Å². The molecule has 2 aromatic rings. The van der Waals surface area contributed by atoms with E-state index >= 15 is 0 Å². The molecule has 2 nitrogen and oxygen atoms in total. The number of carbonyl (C=O) groups is 1. The fraction of sp³-hybridized carbons (Fsp3) is 0.188. The Bertz CT molecular complexity index is 713. The maximum absolute atomic E-state index is 13.8. The summed E-state index contributed by atoms with van der Waals surface area (Å²) in [7, 11) is 0. The minimum Gasteiger partial charge on any atom is -0.365 e. The van der Waals surface area contributed by atoms with Gasteiger partial charge in [-0.25, -0.2) is 13.2 Å². The van der Waals surface area contributed by atoms with Gasteiger partial charge in [0.25, 0.3) is 0 Å². The summed E-state index contributed by atoms with van der Waals surface area (Å²) in [6, 6.07) is 8.84. The summed E-state index contributed by atoms with van der Waals surface area (Å²) >= 11 is 0. The highest BCUT2D eigenvalue weighted by molar-refractivity contribution is 6.00. The van der Waals surface area contributed by atoms with Gasteiger partial charge < -0.3 is 4.74 Å². The number of hydrogen-bond donors (Lipinski definition) is 0. The van der Waals surface area contributed by atoms with Crippen LogP contribution in [0.5, 0.6) is 0 Å². The first-order chi connectivity index (χ1) is 10.1. The minimum absolute atomic E-state index is 0.318. The van der Waals surface area contributed by atoms with Gasteiger partial charge in [-0.1, -0.05) is 24.3 Å². The molecule has 5 heteroatoms. The quantitative estimate of drug-likeness (QED) is 0.624. The van der Waals surface area contributed by atoms with Crippen LogP contribution in [0.1, 0.15) is 27.6 Å². The van der Waals surface area contributed by atoms with Crippen molar-refractivity contribution in [2.45, 2.75) is 12.5 Å². The van der Waals surface area contributed by atoms with Gasteiger partial charge in [0.1, 0.15) is 6.10 Å². The summed E-state index contributed by atoms with van der Waals surface area (Å²) < 4.78 is 45.4. The highest BCUT2D eigenvalue weighted by atomic mass is 19.2. The first-order valence-electron chi connectivity index (χ1n) is 6.46. The van der Waals surface area contributed by atoms with E-state index in [1.165, 1.54) is 0 Å². The van der Waals surface area contributed by atoms with Crippen LogP contribution in [-0.4, -0.2) is 12.4 Å². The Morgan fingerprint density at radius 2 is 1.81 bits per heavy atom. The van der Waals surface area contributed by atoms with E-state index in [1.54, 1.807) is 12.1 Å². The average Bonchev–Trinajstić information content (AvgIpc) is 2.51. The maximum atomic E-state index is 13.8. The van der Waals surface area contributed by atoms with Crippen molar-refractivity contribution >= 4 is 5.78 Å². The molecule has 1 aliphatic rings. The van der Waals surface area contributed by atoms with Gasteiger partial charge in [-0.05, 0) is 29.7 Å². The lowest BCUT2D eigenvalue weighted by Gasteiger charge is -2.25. The van der Waals surface area contributed by atoms with Gasteiger partial charge in [-0.3, -0.25) is 4.79 Å². The Hall–Kier alpha value is -2.14. The third kappa shape index (κ3) is 2.34. The Morgan fingerprint density at radius 3 is 2.62 bits per heavy atom. The van der Waals surface area contributed by atoms with E-state index in [0.29, 0.717) is 18.6 Å². The van der Waals surface area contributed by atoms with E-state index in [-0.39, 0.29) is 0 Å². The van der Waals surface area contributed by atoms with Gasteiger partial charge in [0.15, 0.2) is 23.2 Å². The number of benzene rings is 2. The van der Waals surface area contributed by atoms with Crippen LogP contribution in [0.4, 0.5) is 13.2 Å². The van der Waals surface area contributed by atoms with E-state index in [1.807, 2.05) is 12.1 Å². The van der Waals surface area contributed by atoms with Gasteiger partial charge in [0, 0.05) is 0 Å². The van der Waals surface area contributed by atoms with Crippen molar-refractivity contribution in [2.24, 2.45) is 0 Å². The zero-order valence-electron chi connectivity index (χ0n) is 10.9. The lowest BCUT2D eigenvalue weighted by molar-refractivity contribution is 0.0345. The van der Waals surface area contributed by atoms with Crippen LogP contribution in [0.3, 0.4) is 0 Å². The molecule has 3 rings (SSSR count). The monoisotopic (exact) mass is 292 g/mol. The molecule has 1 atom stereocenters. The molecule has 2 aromatic carbocycles. The second kappa shape index (κ2) is 5.33. The molecule has 0 bridgehead atoms. The van der Waals surface area contributed by atoms with E-state index in [9.17, 15) is 18.0 Å². The molecule has 21 heavy (non-hydrogen) atoms. The summed E-state index contributed by atoms with van der Waals surface area (Å²) in [5.74, 6) is -5.16. The maximum Gasteiger partial charge on any atom is 0.199 e. The summed E-state index contributed by atoms with van der Waals surface area (Å²) in [6.45, 7) is 0.318. The lowest BCUT2D eigenvalue weighted by Crippen LogP contribution is -2.24. The smallest absolute Gasteiger partial charge is 0.199 e. The van der Waals surface area contributed by atoms with E-state index < -0.39 is 34.9 Å². The molecule has 0 aromatic heterocycles. The van der Waals surface area contributed by atoms with Crippen LogP contribution >= 0.6 is 0 Å². The standard InChI is InChI=1S/C16H11F3O2/c17-12-6-5-11(13(18)14(12)19)15(20)16-10-4-2-1-3-9(10)7-8-21-16/h1-6,16H,7-8H2. The molecule has 1 aliphatic heterocycles. The van der Waals surface area contributed by atoms with Gasteiger partial charge in [-0.15, -0.1) is 0 Å². The number of rotatable bonds is 2. The average molecular weight is 292 g/mol. The van der Waals surface area contributed by atoms with Crippen molar-refractivity contribution in [1.82, 2.24) is 0 Å². The number of hydrogen-bond acceptors (Lipinski definition) is 2. The van der Waals surface area contributed by atoms with Crippen molar-refractivity contribution in [1.29, 1.82) is 0 Å². The molecule has 0 amide bonds. The lowest BCUT2D eigenvalue weighted by atomic mass is 9.92. The Morgan fingerprint density at radius 1 is 1.05 bits per heavy atom. The molecule has 0 saturated carbocycles. The van der Waals surface area contributed by atoms with Crippen molar-refractivity contribution in [3.05, 3.63) is 70.5 Å². The second-order valence-corrected chi connectivity index (χ2v) is 4.79. The molecule has 0 spiro atoms. The topological polar surface area (TPSA) is 26.3 Å². The fourth-order valence-electron chi connectivity index (χ4n) is 2.47. The molecular weight excluding hydrogens is 281 g/mol. The normalized spacial score (nSPS) is 17.4. The first kappa shape index (κ1) is 13.8. The summed E-state index contributed by atoms with van der Waals surface area (Å²) in [5, 5.41) is 0. The first-order valence-corrected chi connectivity index (χ1v) is 6.46. The number of Topliss-reactive ketones (excluding diaryl/α,β-unsaturated/α-hetero) is 1. The van der Waals surface area contributed by atoms with Crippen molar-refractivity contribution in [3.8, 4) is 0 Å². The van der Waals surface area contributed by atoms with Crippen molar-refractivity contribution < 1.29 is 22.7 Å². The van der Waals surface area contributed by atoms with Crippen molar-refractivity contribution in [2.75, 3.05) is 6.61 Å². The zero-order valence-corrected chi connectivity index (χ0v) is 10.9. The summed E-state index contributed by atoms with van der Waals surface area (Å²) in [6.07, 6.45) is -0.338. The SMILES string of the molecule is O=C(c1ccc(F)c(F)c1F)C1OCCc2ccccc21. The van der Waals surface area contributed by atoms with E-state index in [0.717, 1.165) is 17.7 Å². The molecule has 0 fully saturated rings. The number of fused-ring (bicyclic) bond motifs is 1. The minimum atomic E-state index is -1.65. The Balaban J connectivity index is 2.03.